The van der Waals surface area contributed by atoms with Gasteiger partial charge < -0.3 is 5.73 Å². The Morgan fingerprint density at radius 3 is 2.69 bits per heavy atom. The Morgan fingerprint density at radius 2 is 2.00 bits per heavy atom. The van der Waals surface area contributed by atoms with E-state index in [4.69, 9.17) is 5.73 Å². The van der Waals surface area contributed by atoms with E-state index >= 15 is 0 Å². The van der Waals surface area contributed by atoms with Crippen LogP contribution in [-0.4, -0.2) is 23.0 Å². The SMILES string of the molecule is CC1(C)CC[C@@H](N)CN1Cc1ccccc1. The van der Waals surface area contributed by atoms with Gasteiger partial charge in [0.15, 0.2) is 0 Å². The Hall–Kier alpha value is -0.860. The lowest BCUT2D eigenvalue weighted by atomic mass is 9.88. The quantitative estimate of drug-likeness (QED) is 0.826. The average Bonchev–Trinajstić information content (AvgIpc) is 2.26. The second-order valence-corrected chi connectivity index (χ2v) is 5.48. The lowest BCUT2D eigenvalue weighted by Crippen LogP contribution is -2.53. The molecule has 0 amide bonds. The first kappa shape index (κ1) is 11.6. The van der Waals surface area contributed by atoms with Gasteiger partial charge in [0.1, 0.15) is 0 Å². The predicted octanol–water partition coefficient (Wildman–Crippen LogP) is 2.39. The van der Waals surface area contributed by atoms with Crippen molar-refractivity contribution in [2.24, 2.45) is 5.73 Å². The van der Waals surface area contributed by atoms with Gasteiger partial charge in [0, 0.05) is 24.7 Å². The zero-order chi connectivity index (χ0) is 11.6. The molecule has 1 aromatic rings. The van der Waals surface area contributed by atoms with Crippen LogP contribution in [0.5, 0.6) is 0 Å². The van der Waals surface area contributed by atoms with E-state index in [1.165, 1.54) is 12.0 Å². The van der Waals surface area contributed by atoms with Gasteiger partial charge in [-0.05, 0) is 32.3 Å². The highest BCUT2D eigenvalue weighted by Gasteiger charge is 2.32. The molecule has 2 heteroatoms. The van der Waals surface area contributed by atoms with E-state index in [9.17, 15) is 0 Å². The zero-order valence-corrected chi connectivity index (χ0v) is 10.3. The van der Waals surface area contributed by atoms with Gasteiger partial charge in [-0.15, -0.1) is 0 Å². The minimum absolute atomic E-state index is 0.283. The van der Waals surface area contributed by atoms with Crippen LogP contribution >= 0.6 is 0 Å². The summed E-state index contributed by atoms with van der Waals surface area (Å²) in [6.07, 6.45) is 2.35. The van der Waals surface area contributed by atoms with Crippen LogP contribution in [0.1, 0.15) is 32.3 Å². The van der Waals surface area contributed by atoms with E-state index < -0.39 is 0 Å². The Bertz CT molecular complexity index is 332. The molecular formula is C14H22N2. The monoisotopic (exact) mass is 218 g/mol. The van der Waals surface area contributed by atoms with E-state index in [2.05, 4.69) is 49.1 Å². The molecule has 1 saturated heterocycles. The van der Waals surface area contributed by atoms with Crippen LogP contribution in [0.4, 0.5) is 0 Å². The fourth-order valence-corrected chi connectivity index (χ4v) is 2.40. The molecule has 0 unspecified atom stereocenters. The van der Waals surface area contributed by atoms with Gasteiger partial charge in [0.25, 0.3) is 0 Å². The highest BCUT2D eigenvalue weighted by Crippen LogP contribution is 2.28. The summed E-state index contributed by atoms with van der Waals surface area (Å²) in [6, 6.07) is 11.0. The molecule has 1 fully saturated rings. The van der Waals surface area contributed by atoms with Crippen LogP contribution in [0.3, 0.4) is 0 Å². The van der Waals surface area contributed by atoms with Gasteiger partial charge in [0.2, 0.25) is 0 Å². The van der Waals surface area contributed by atoms with Crippen molar-refractivity contribution < 1.29 is 0 Å². The standard InChI is InChI=1S/C14H22N2/c1-14(2)9-8-13(15)11-16(14)10-12-6-4-3-5-7-12/h3-7,13H,8-11,15H2,1-2H3/t13-/m1/s1. The van der Waals surface area contributed by atoms with E-state index in [0.29, 0.717) is 6.04 Å². The summed E-state index contributed by atoms with van der Waals surface area (Å²) in [4.78, 5) is 2.51. The Morgan fingerprint density at radius 1 is 1.31 bits per heavy atom. The number of nitrogens with zero attached hydrogens (tertiary/aromatic N) is 1. The number of likely N-dealkylation sites (tertiary alicyclic amines) is 1. The van der Waals surface area contributed by atoms with Crippen molar-refractivity contribution in [1.29, 1.82) is 0 Å². The number of nitrogens with two attached hydrogens (primary N) is 1. The molecule has 0 aliphatic carbocycles. The molecule has 0 spiro atoms. The smallest absolute Gasteiger partial charge is 0.0239 e. The van der Waals surface area contributed by atoms with Gasteiger partial charge >= 0.3 is 0 Å². The molecule has 1 atom stereocenters. The summed E-state index contributed by atoms with van der Waals surface area (Å²) < 4.78 is 0. The number of hydrogen-bond acceptors (Lipinski definition) is 2. The predicted molar refractivity (Wildman–Crippen MR) is 68.1 cm³/mol. The molecule has 1 aliphatic rings. The van der Waals surface area contributed by atoms with E-state index in [1.807, 2.05) is 0 Å². The van der Waals surface area contributed by atoms with Crippen molar-refractivity contribution in [2.45, 2.75) is 44.8 Å². The molecule has 1 aliphatic heterocycles. The number of piperidine rings is 1. The normalized spacial score (nSPS) is 25.6. The fourth-order valence-electron chi connectivity index (χ4n) is 2.40. The molecule has 2 nitrogen and oxygen atoms in total. The summed E-state index contributed by atoms with van der Waals surface area (Å²) in [5.41, 5.74) is 7.72. The lowest BCUT2D eigenvalue weighted by Gasteiger charge is -2.44. The Balaban J connectivity index is 2.07. The largest absolute Gasteiger partial charge is 0.327 e. The Labute approximate surface area is 98.4 Å². The van der Waals surface area contributed by atoms with Gasteiger partial charge in [-0.25, -0.2) is 0 Å². The fraction of sp³-hybridized carbons (Fsp3) is 0.571. The minimum Gasteiger partial charge on any atom is -0.327 e. The summed E-state index contributed by atoms with van der Waals surface area (Å²) in [5.74, 6) is 0. The van der Waals surface area contributed by atoms with Crippen molar-refractivity contribution in [3.8, 4) is 0 Å². The first-order chi connectivity index (χ1) is 7.58. The highest BCUT2D eigenvalue weighted by atomic mass is 15.2. The molecule has 2 rings (SSSR count). The maximum atomic E-state index is 6.06. The van der Waals surface area contributed by atoms with E-state index in [-0.39, 0.29) is 5.54 Å². The molecule has 1 aromatic carbocycles. The molecule has 88 valence electrons. The third kappa shape index (κ3) is 2.63. The van der Waals surface area contributed by atoms with Gasteiger partial charge in [-0.3, -0.25) is 4.90 Å². The summed E-state index contributed by atoms with van der Waals surface area (Å²) in [5, 5.41) is 0. The molecule has 16 heavy (non-hydrogen) atoms. The molecule has 0 aromatic heterocycles. The van der Waals surface area contributed by atoms with Crippen LogP contribution < -0.4 is 5.73 Å². The molecule has 0 bridgehead atoms. The van der Waals surface area contributed by atoms with E-state index in [1.54, 1.807) is 0 Å². The first-order valence-corrected chi connectivity index (χ1v) is 6.12. The van der Waals surface area contributed by atoms with Gasteiger partial charge in [-0.2, -0.15) is 0 Å². The van der Waals surface area contributed by atoms with Crippen molar-refractivity contribution in [3.63, 3.8) is 0 Å². The number of hydrogen-bond donors (Lipinski definition) is 1. The van der Waals surface area contributed by atoms with Crippen molar-refractivity contribution >= 4 is 0 Å². The second-order valence-electron chi connectivity index (χ2n) is 5.48. The lowest BCUT2D eigenvalue weighted by molar-refractivity contribution is 0.0586. The second kappa shape index (κ2) is 4.56. The highest BCUT2D eigenvalue weighted by molar-refractivity contribution is 5.15. The van der Waals surface area contributed by atoms with Crippen molar-refractivity contribution in [1.82, 2.24) is 4.90 Å². The van der Waals surface area contributed by atoms with Crippen LogP contribution in [0.25, 0.3) is 0 Å². The van der Waals surface area contributed by atoms with Crippen LogP contribution in [0.2, 0.25) is 0 Å². The summed E-state index contributed by atoms with van der Waals surface area (Å²) in [6.45, 7) is 6.67. The average molecular weight is 218 g/mol. The zero-order valence-electron chi connectivity index (χ0n) is 10.3. The van der Waals surface area contributed by atoms with Crippen molar-refractivity contribution in [3.05, 3.63) is 35.9 Å². The molecule has 0 radical (unpaired) electrons. The van der Waals surface area contributed by atoms with Gasteiger partial charge in [-0.1, -0.05) is 30.3 Å². The summed E-state index contributed by atoms with van der Waals surface area (Å²) in [7, 11) is 0. The Kier molecular flexibility index (Phi) is 3.31. The third-order valence-corrected chi connectivity index (χ3v) is 3.65. The van der Waals surface area contributed by atoms with E-state index in [0.717, 1.165) is 19.5 Å². The molecule has 2 N–H and O–H groups in total. The van der Waals surface area contributed by atoms with Crippen LogP contribution in [0.15, 0.2) is 30.3 Å². The van der Waals surface area contributed by atoms with Gasteiger partial charge in [0.05, 0.1) is 0 Å². The topological polar surface area (TPSA) is 29.3 Å². The number of benzene rings is 1. The minimum atomic E-state index is 0.283. The third-order valence-electron chi connectivity index (χ3n) is 3.65. The maximum absolute atomic E-state index is 6.06. The molecular weight excluding hydrogens is 196 g/mol. The van der Waals surface area contributed by atoms with Crippen molar-refractivity contribution in [2.75, 3.05) is 6.54 Å². The van der Waals surface area contributed by atoms with Crippen LogP contribution in [-0.2, 0) is 6.54 Å². The maximum Gasteiger partial charge on any atom is 0.0239 e. The number of rotatable bonds is 2. The summed E-state index contributed by atoms with van der Waals surface area (Å²) >= 11 is 0. The first-order valence-electron chi connectivity index (χ1n) is 6.12. The molecule has 0 saturated carbocycles. The molecule has 1 heterocycles. The van der Waals surface area contributed by atoms with Crippen LogP contribution in [0, 0.1) is 0 Å².